The number of hydrogen-bond acceptors (Lipinski definition) is 6. The Labute approximate surface area is 141 Å². The first-order valence-corrected chi connectivity index (χ1v) is 8.19. The molecular formula is C16H13N3O2S2. The molecule has 0 radical (unpaired) electrons. The van der Waals surface area contributed by atoms with Crippen molar-refractivity contribution in [2.24, 2.45) is 0 Å². The van der Waals surface area contributed by atoms with Gasteiger partial charge in [0.1, 0.15) is 0 Å². The molecule has 0 atom stereocenters. The molecule has 116 valence electrons. The van der Waals surface area contributed by atoms with E-state index < -0.39 is 5.97 Å². The maximum atomic E-state index is 11.6. The van der Waals surface area contributed by atoms with Gasteiger partial charge in [-0.2, -0.15) is 0 Å². The van der Waals surface area contributed by atoms with Crippen molar-refractivity contribution in [2.75, 3.05) is 6.61 Å². The summed E-state index contributed by atoms with van der Waals surface area (Å²) >= 11 is 6.54. The normalized spacial score (nSPS) is 12.7. The van der Waals surface area contributed by atoms with Crippen LogP contribution in [0.5, 0.6) is 0 Å². The van der Waals surface area contributed by atoms with Crippen LogP contribution in [0.25, 0.3) is 23.2 Å². The molecule has 1 N–H and O–H groups in total. The molecule has 2 aromatic heterocycles. The molecule has 7 heteroatoms. The highest BCUT2D eigenvalue weighted by atomic mass is 32.1. The Morgan fingerprint density at radius 2 is 2.17 bits per heavy atom. The molecule has 0 aliphatic heterocycles. The zero-order chi connectivity index (χ0) is 16.2. The number of hydrogen-bond donors (Lipinski definition) is 1. The predicted molar refractivity (Wildman–Crippen MR) is 93.0 cm³/mol. The number of para-hydroxylation sites is 2. The fourth-order valence-electron chi connectivity index (χ4n) is 2.04. The molecule has 3 rings (SSSR count). The second-order valence-corrected chi connectivity index (χ2v) is 6.34. The molecule has 0 saturated carbocycles. The number of benzene rings is 1. The summed E-state index contributed by atoms with van der Waals surface area (Å²) in [7, 11) is 0. The lowest BCUT2D eigenvalue weighted by Crippen LogP contribution is -2.23. The molecule has 0 unspecified atom stereocenters. The maximum absolute atomic E-state index is 11.6. The van der Waals surface area contributed by atoms with Gasteiger partial charge in [-0.05, 0) is 37.4 Å². The van der Waals surface area contributed by atoms with Gasteiger partial charge in [-0.1, -0.05) is 12.1 Å². The predicted octanol–water partition coefficient (Wildman–Crippen LogP) is 1.92. The van der Waals surface area contributed by atoms with Crippen molar-refractivity contribution in [3.05, 3.63) is 50.0 Å². The first-order chi connectivity index (χ1) is 11.2. The van der Waals surface area contributed by atoms with Gasteiger partial charge in [0, 0.05) is 6.08 Å². The lowest BCUT2D eigenvalue weighted by molar-refractivity contribution is -0.135. The molecular weight excluding hydrogens is 330 g/mol. The van der Waals surface area contributed by atoms with E-state index in [0.717, 1.165) is 15.6 Å². The summed E-state index contributed by atoms with van der Waals surface area (Å²) in [5.74, 6) is -0.407. The number of carbonyl (C=O) groups is 1. The van der Waals surface area contributed by atoms with Crippen LogP contribution in [0.1, 0.15) is 12.6 Å². The number of fused-ring (bicyclic) bond motifs is 1. The third kappa shape index (κ3) is 3.69. The number of esters is 1. The average Bonchev–Trinajstić information content (AvgIpc) is 2.86. The minimum atomic E-state index is -0.407. The first-order valence-electron chi connectivity index (χ1n) is 6.97. The Hall–Kier alpha value is -2.38. The summed E-state index contributed by atoms with van der Waals surface area (Å²) in [6.45, 7) is 2.09. The number of carbonyl (C=O) groups excluding carboxylic acids is 1. The highest BCUT2D eigenvalue weighted by Gasteiger charge is 2.00. The highest BCUT2D eigenvalue weighted by molar-refractivity contribution is 7.73. The van der Waals surface area contributed by atoms with Crippen LogP contribution < -0.4 is 9.88 Å². The molecule has 0 saturated heterocycles. The van der Waals surface area contributed by atoms with Crippen molar-refractivity contribution in [2.45, 2.75) is 6.92 Å². The van der Waals surface area contributed by atoms with Gasteiger partial charge < -0.3 is 9.72 Å². The van der Waals surface area contributed by atoms with E-state index >= 15 is 0 Å². The summed E-state index contributed by atoms with van der Waals surface area (Å²) in [5.41, 5.74) is 2.36. The summed E-state index contributed by atoms with van der Waals surface area (Å²) < 4.78 is 6.33. The van der Waals surface area contributed by atoms with Crippen molar-refractivity contribution in [3.8, 4) is 0 Å². The first kappa shape index (κ1) is 15.5. The van der Waals surface area contributed by atoms with E-state index in [1.54, 1.807) is 13.1 Å². The van der Waals surface area contributed by atoms with Crippen LogP contribution in [0.3, 0.4) is 0 Å². The standard InChI is InChI=1S/C16H13N3O2S2/c1-2-21-15(20)8-13-14(23-16(22)19-13)7-10-9-17-11-5-3-4-6-12(11)18-10/h3-9H,2H2,1H3,(H,19,22)/b13-8-,14-7-. The molecule has 0 fully saturated rings. The van der Waals surface area contributed by atoms with Gasteiger partial charge in [-0.25, -0.2) is 9.78 Å². The van der Waals surface area contributed by atoms with Crippen LogP contribution in [-0.2, 0) is 9.53 Å². The van der Waals surface area contributed by atoms with E-state index in [0.29, 0.717) is 21.6 Å². The Balaban J connectivity index is 2.11. The smallest absolute Gasteiger partial charge is 0.332 e. The Kier molecular flexibility index (Phi) is 4.59. The minimum absolute atomic E-state index is 0.329. The molecule has 0 amide bonds. The van der Waals surface area contributed by atoms with Gasteiger partial charge in [-0.3, -0.25) is 4.98 Å². The largest absolute Gasteiger partial charge is 0.463 e. The number of nitrogens with one attached hydrogen (secondary N) is 1. The van der Waals surface area contributed by atoms with Crippen LogP contribution >= 0.6 is 23.6 Å². The fourth-order valence-corrected chi connectivity index (χ4v) is 3.18. The topological polar surface area (TPSA) is 67.9 Å². The molecule has 5 nitrogen and oxygen atoms in total. The fraction of sp³-hybridized carbons (Fsp3) is 0.125. The van der Waals surface area contributed by atoms with Crippen LogP contribution in [-0.4, -0.2) is 27.5 Å². The molecule has 0 aliphatic carbocycles. The van der Waals surface area contributed by atoms with Gasteiger partial charge in [0.15, 0.2) is 3.95 Å². The minimum Gasteiger partial charge on any atom is -0.463 e. The van der Waals surface area contributed by atoms with Gasteiger partial charge in [-0.15, -0.1) is 11.3 Å². The summed E-state index contributed by atoms with van der Waals surface area (Å²) in [6.07, 6.45) is 4.94. The summed E-state index contributed by atoms with van der Waals surface area (Å²) in [5, 5.41) is 0.619. The van der Waals surface area contributed by atoms with E-state index in [2.05, 4.69) is 15.0 Å². The molecule has 0 aliphatic rings. The maximum Gasteiger partial charge on any atom is 0.332 e. The zero-order valence-electron chi connectivity index (χ0n) is 12.3. The summed E-state index contributed by atoms with van der Waals surface area (Å²) in [6, 6.07) is 7.66. The van der Waals surface area contributed by atoms with Crippen molar-refractivity contribution >= 4 is 52.7 Å². The van der Waals surface area contributed by atoms with Crippen molar-refractivity contribution in [3.63, 3.8) is 0 Å². The average molecular weight is 343 g/mol. The quantitative estimate of drug-likeness (QED) is 0.581. The lowest BCUT2D eigenvalue weighted by atomic mass is 10.3. The Morgan fingerprint density at radius 1 is 1.39 bits per heavy atom. The van der Waals surface area contributed by atoms with Crippen molar-refractivity contribution in [1.82, 2.24) is 15.0 Å². The Bertz CT molecular complexity index is 1040. The second-order valence-electron chi connectivity index (χ2n) is 4.62. The SMILES string of the molecule is CCOC(=O)/C=c1\[nH]c(=S)s\c1=C/c1cnc2ccccc2n1. The van der Waals surface area contributed by atoms with E-state index in [1.807, 2.05) is 30.3 Å². The second kappa shape index (κ2) is 6.80. The van der Waals surface area contributed by atoms with Gasteiger partial charge in [0.2, 0.25) is 0 Å². The van der Waals surface area contributed by atoms with Gasteiger partial charge >= 0.3 is 5.97 Å². The lowest BCUT2D eigenvalue weighted by Gasteiger charge is -1.97. The van der Waals surface area contributed by atoms with Gasteiger partial charge in [0.25, 0.3) is 0 Å². The van der Waals surface area contributed by atoms with Gasteiger partial charge in [0.05, 0.1) is 39.4 Å². The molecule has 0 spiro atoms. The van der Waals surface area contributed by atoms with Crippen LogP contribution in [0, 0.1) is 3.95 Å². The zero-order valence-corrected chi connectivity index (χ0v) is 13.9. The van der Waals surface area contributed by atoms with E-state index in [4.69, 9.17) is 17.0 Å². The van der Waals surface area contributed by atoms with E-state index in [-0.39, 0.29) is 0 Å². The number of rotatable bonds is 3. The monoisotopic (exact) mass is 343 g/mol. The molecule has 23 heavy (non-hydrogen) atoms. The molecule has 1 aromatic carbocycles. The van der Waals surface area contributed by atoms with Crippen LogP contribution in [0.4, 0.5) is 0 Å². The van der Waals surface area contributed by atoms with Crippen molar-refractivity contribution < 1.29 is 9.53 Å². The number of thiazole rings is 1. The molecule has 3 aromatic rings. The van der Waals surface area contributed by atoms with E-state index in [9.17, 15) is 4.79 Å². The molecule has 0 bridgehead atoms. The number of aromatic nitrogens is 3. The number of H-pyrrole nitrogens is 1. The third-order valence-corrected chi connectivity index (χ3v) is 4.20. The third-order valence-electron chi connectivity index (χ3n) is 3.00. The van der Waals surface area contributed by atoms with Crippen LogP contribution in [0.2, 0.25) is 0 Å². The van der Waals surface area contributed by atoms with E-state index in [1.165, 1.54) is 17.4 Å². The van der Waals surface area contributed by atoms with Crippen molar-refractivity contribution in [1.29, 1.82) is 0 Å². The number of nitrogens with zero attached hydrogens (tertiary/aromatic N) is 2. The molecule has 2 heterocycles. The van der Waals surface area contributed by atoms with Crippen LogP contribution in [0.15, 0.2) is 30.5 Å². The number of aromatic amines is 1. The highest BCUT2D eigenvalue weighted by Crippen LogP contribution is 2.08. The summed E-state index contributed by atoms with van der Waals surface area (Å²) in [4.78, 5) is 23.5. The number of ether oxygens (including phenoxy) is 1. The Morgan fingerprint density at radius 3 is 2.96 bits per heavy atom.